The van der Waals surface area contributed by atoms with Gasteiger partial charge < -0.3 is 10.1 Å². The standard InChI is InChI=1S/C12H11F5N4O.ClH/c13-11(14)5-18-4-9(11)22-10-1-8-7(2-19-10)3-20-21(8)6-12(15,16)17;/h1-3,9,18H,4-6H2;1H. The first-order valence-electron chi connectivity index (χ1n) is 6.38. The van der Waals surface area contributed by atoms with Crippen molar-refractivity contribution in [2.75, 3.05) is 13.1 Å². The fraction of sp³-hybridized carbons (Fsp3) is 0.500. The summed E-state index contributed by atoms with van der Waals surface area (Å²) in [5.41, 5.74) is 0.122. The van der Waals surface area contributed by atoms with Crippen LogP contribution in [0.25, 0.3) is 10.9 Å². The van der Waals surface area contributed by atoms with Crippen LogP contribution in [-0.4, -0.2) is 46.1 Å². The maximum atomic E-state index is 13.5. The number of hydrogen-bond acceptors (Lipinski definition) is 4. The number of ether oxygens (including phenoxy) is 1. The summed E-state index contributed by atoms with van der Waals surface area (Å²) >= 11 is 0. The Balaban J connectivity index is 0.00000192. The first kappa shape index (κ1) is 17.7. The number of aromatic nitrogens is 3. The second-order valence-electron chi connectivity index (χ2n) is 5.00. The summed E-state index contributed by atoms with van der Waals surface area (Å²) in [4.78, 5) is 3.83. The zero-order valence-electron chi connectivity index (χ0n) is 11.5. The van der Waals surface area contributed by atoms with E-state index in [1.165, 1.54) is 18.5 Å². The van der Waals surface area contributed by atoms with Crippen LogP contribution in [0.1, 0.15) is 0 Å². The van der Waals surface area contributed by atoms with E-state index in [1.807, 2.05) is 0 Å². The molecule has 1 fully saturated rings. The lowest BCUT2D eigenvalue weighted by Gasteiger charge is -2.18. The highest BCUT2D eigenvalue weighted by molar-refractivity contribution is 5.85. The molecule has 0 saturated carbocycles. The average molecular weight is 359 g/mol. The topological polar surface area (TPSA) is 52.0 Å². The quantitative estimate of drug-likeness (QED) is 0.856. The Morgan fingerprint density at radius 2 is 2.09 bits per heavy atom. The molecule has 1 saturated heterocycles. The predicted molar refractivity (Wildman–Crippen MR) is 73.1 cm³/mol. The molecule has 1 aliphatic heterocycles. The van der Waals surface area contributed by atoms with Crippen LogP contribution in [0.15, 0.2) is 18.5 Å². The van der Waals surface area contributed by atoms with E-state index in [-0.39, 0.29) is 30.3 Å². The molecule has 0 aliphatic carbocycles. The minimum Gasteiger partial charge on any atom is -0.466 e. The zero-order valence-corrected chi connectivity index (χ0v) is 12.3. The smallest absolute Gasteiger partial charge is 0.408 e. The summed E-state index contributed by atoms with van der Waals surface area (Å²) in [6, 6.07) is 1.18. The fourth-order valence-corrected chi connectivity index (χ4v) is 2.22. The van der Waals surface area contributed by atoms with Gasteiger partial charge in [-0.25, -0.2) is 13.8 Å². The maximum Gasteiger partial charge on any atom is 0.408 e. The summed E-state index contributed by atoms with van der Waals surface area (Å²) in [6.07, 6.45) is -3.38. The van der Waals surface area contributed by atoms with Gasteiger partial charge in [-0.2, -0.15) is 18.3 Å². The van der Waals surface area contributed by atoms with Gasteiger partial charge in [0.1, 0.15) is 6.54 Å². The van der Waals surface area contributed by atoms with E-state index in [9.17, 15) is 22.0 Å². The minimum atomic E-state index is -4.44. The van der Waals surface area contributed by atoms with Gasteiger partial charge in [0.25, 0.3) is 5.92 Å². The van der Waals surface area contributed by atoms with E-state index < -0.39 is 31.3 Å². The SMILES string of the molecule is Cl.FC(F)(F)Cn1ncc2cnc(OC3CNCC3(F)F)cc21. The summed E-state index contributed by atoms with van der Waals surface area (Å²) in [7, 11) is 0. The number of pyridine rings is 1. The van der Waals surface area contributed by atoms with Crippen molar-refractivity contribution < 1.29 is 26.7 Å². The summed E-state index contributed by atoms with van der Waals surface area (Å²) in [6.45, 7) is -1.85. The van der Waals surface area contributed by atoms with Gasteiger partial charge in [0.2, 0.25) is 5.88 Å². The number of rotatable bonds is 3. The molecule has 128 valence electrons. The predicted octanol–water partition coefficient (Wildman–Crippen LogP) is 2.40. The van der Waals surface area contributed by atoms with Crippen molar-refractivity contribution in [3.63, 3.8) is 0 Å². The number of alkyl halides is 5. The molecule has 3 rings (SSSR count). The van der Waals surface area contributed by atoms with Crippen molar-refractivity contribution in [2.45, 2.75) is 24.7 Å². The summed E-state index contributed by atoms with van der Waals surface area (Å²) in [5.74, 6) is -3.21. The van der Waals surface area contributed by atoms with Crippen molar-refractivity contribution >= 4 is 23.3 Å². The minimum absolute atomic E-state index is 0. The molecule has 5 nitrogen and oxygen atoms in total. The molecule has 1 atom stereocenters. The van der Waals surface area contributed by atoms with Crippen LogP contribution in [0.2, 0.25) is 0 Å². The zero-order chi connectivity index (χ0) is 16.0. The first-order valence-corrected chi connectivity index (χ1v) is 6.38. The van der Waals surface area contributed by atoms with Crippen molar-refractivity contribution in [1.29, 1.82) is 0 Å². The Morgan fingerprint density at radius 1 is 1.35 bits per heavy atom. The number of nitrogens with one attached hydrogen (secondary N) is 1. The van der Waals surface area contributed by atoms with Crippen LogP contribution in [0.3, 0.4) is 0 Å². The molecular formula is C12H12ClF5N4O. The second-order valence-corrected chi connectivity index (χ2v) is 5.00. The lowest BCUT2D eigenvalue weighted by molar-refractivity contribution is -0.141. The van der Waals surface area contributed by atoms with E-state index in [1.54, 1.807) is 0 Å². The second kappa shape index (κ2) is 6.08. The van der Waals surface area contributed by atoms with Crippen molar-refractivity contribution in [3.05, 3.63) is 18.5 Å². The van der Waals surface area contributed by atoms with Crippen LogP contribution in [-0.2, 0) is 6.54 Å². The molecule has 3 heterocycles. The van der Waals surface area contributed by atoms with Crippen LogP contribution in [0.4, 0.5) is 22.0 Å². The van der Waals surface area contributed by atoms with Crippen molar-refractivity contribution in [2.24, 2.45) is 0 Å². The molecule has 0 aromatic carbocycles. The summed E-state index contributed by atoms with van der Waals surface area (Å²) < 4.78 is 70.2. The van der Waals surface area contributed by atoms with Gasteiger partial charge in [-0.05, 0) is 0 Å². The molecule has 0 bridgehead atoms. The molecule has 2 aromatic rings. The van der Waals surface area contributed by atoms with E-state index in [4.69, 9.17) is 4.74 Å². The number of hydrogen-bond donors (Lipinski definition) is 1. The molecule has 2 aromatic heterocycles. The highest BCUT2D eigenvalue weighted by Gasteiger charge is 2.46. The monoisotopic (exact) mass is 358 g/mol. The van der Waals surface area contributed by atoms with Gasteiger partial charge in [-0.3, -0.25) is 4.68 Å². The van der Waals surface area contributed by atoms with Gasteiger partial charge in [0, 0.05) is 24.2 Å². The van der Waals surface area contributed by atoms with Gasteiger partial charge in [-0.15, -0.1) is 12.4 Å². The van der Waals surface area contributed by atoms with E-state index >= 15 is 0 Å². The van der Waals surface area contributed by atoms with Crippen LogP contribution >= 0.6 is 12.4 Å². The van der Waals surface area contributed by atoms with Crippen molar-refractivity contribution in [1.82, 2.24) is 20.1 Å². The molecule has 1 unspecified atom stereocenters. The average Bonchev–Trinajstić information content (AvgIpc) is 2.93. The van der Waals surface area contributed by atoms with Gasteiger partial charge in [0.15, 0.2) is 6.10 Å². The van der Waals surface area contributed by atoms with Gasteiger partial charge in [-0.1, -0.05) is 0 Å². The lowest BCUT2D eigenvalue weighted by atomic mass is 10.2. The highest BCUT2D eigenvalue weighted by atomic mass is 35.5. The molecule has 0 amide bonds. The normalized spacial score (nSPS) is 20.5. The first-order chi connectivity index (χ1) is 10.2. The van der Waals surface area contributed by atoms with E-state index in [2.05, 4.69) is 15.4 Å². The van der Waals surface area contributed by atoms with Gasteiger partial charge in [0.05, 0.1) is 18.3 Å². The number of nitrogens with zero attached hydrogens (tertiary/aromatic N) is 3. The molecular weight excluding hydrogens is 347 g/mol. The lowest BCUT2D eigenvalue weighted by Crippen LogP contribution is -2.36. The Morgan fingerprint density at radius 3 is 2.70 bits per heavy atom. The van der Waals surface area contributed by atoms with Crippen LogP contribution in [0.5, 0.6) is 5.88 Å². The molecule has 23 heavy (non-hydrogen) atoms. The van der Waals surface area contributed by atoms with Gasteiger partial charge >= 0.3 is 6.18 Å². The third-order valence-electron chi connectivity index (χ3n) is 3.25. The highest BCUT2D eigenvalue weighted by Crippen LogP contribution is 2.28. The Kier molecular flexibility index (Phi) is 4.67. The maximum absolute atomic E-state index is 13.5. The fourth-order valence-electron chi connectivity index (χ4n) is 2.22. The van der Waals surface area contributed by atoms with Crippen molar-refractivity contribution in [3.8, 4) is 5.88 Å². The van der Waals surface area contributed by atoms with Crippen LogP contribution in [0, 0.1) is 0 Å². The summed E-state index contributed by atoms with van der Waals surface area (Å²) in [5, 5.41) is 6.48. The van der Waals surface area contributed by atoms with Crippen LogP contribution < -0.4 is 10.1 Å². The van der Waals surface area contributed by atoms with E-state index in [0.717, 1.165) is 4.68 Å². The Hall–Kier alpha value is -1.68. The molecule has 1 N–H and O–H groups in total. The Labute approximate surface area is 133 Å². The number of halogens is 6. The molecule has 0 radical (unpaired) electrons. The molecule has 1 aliphatic rings. The number of fused-ring (bicyclic) bond motifs is 1. The third kappa shape index (κ3) is 3.81. The van der Waals surface area contributed by atoms with E-state index in [0.29, 0.717) is 5.39 Å². The largest absolute Gasteiger partial charge is 0.466 e. The molecule has 0 spiro atoms. The Bertz CT molecular complexity index is 690. The third-order valence-corrected chi connectivity index (χ3v) is 3.25. The molecule has 11 heteroatoms.